The van der Waals surface area contributed by atoms with Crippen LogP contribution in [0.1, 0.15) is 78.6 Å². The number of aliphatic hydroxyl groups excluding tert-OH is 1. The summed E-state index contributed by atoms with van der Waals surface area (Å²) in [6.07, 6.45) is 11.5. The van der Waals surface area contributed by atoms with Crippen molar-refractivity contribution in [2.75, 3.05) is 20.2 Å². The molecule has 0 spiro atoms. The fraction of sp³-hybridized carbons (Fsp3) is 1.00. The predicted octanol–water partition coefficient (Wildman–Crippen LogP) is 4.23. The van der Waals surface area contributed by atoms with Crippen molar-refractivity contribution in [2.45, 2.75) is 96.8 Å². The third-order valence-electron chi connectivity index (χ3n) is 6.12. The summed E-state index contributed by atoms with van der Waals surface area (Å²) >= 11 is 0. The molecule has 2 aliphatic carbocycles. The van der Waals surface area contributed by atoms with Crippen LogP contribution in [0.5, 0.6) is 0 Å². The molecule has 0 radical (unpaired) electrons. The molecule has 0 aromatic heterocycles. The van der Waals surface area contributed by atoms with Gasteiger partial charge in [0, 0.05) is 12.6 Å². The summed E-state index contributed by atoms with van der Waals surface area (Å²) in [5, 5.41) is 10.3. The van der Waals surface area contributed by atoms with Crippen LogP contribution < -0.4 is 0 Å². The summed E-state index contributed by atoms with van der Waals surface area (Å²) in [6.45, 7) is 8.31. The van der Waals surface area contributed by atoms with E-state index in [1.165, 1.54) is 44.9 Å². The van der Waals surface area contributed by atoms with E-state index < -0.39 is 0 Å². The Morgan fingerprint density at radius 3 is 2.17 bits per heavy atom. The van der Waals surface area contributed by atoms with Gasteiger partial charge in [-0.15, -0.1) is 0 Å². The lowest BCUT2D eigenvalue weighted by Crippen LogP contribution is -2.40. The average Bonchev–Trinajstić information content (AvgIpc) is 2.53. The first-order valence-electron chi connectivity index (χ1n) is 9.86. The largest absolute Gasteiger partial charge is 0.389 e. The molecule has 0 unspecified atom stereocenters. The highest BCUT2D eigenvalue weighted by atomic mass is 16.5. The Bertz CT molecular complexity index is 325. The van der Waals surface area contributed by atoms with Crippen LogP contribution in [0.3, 0.4) is 0 Å². The molecule has 2 fully saturated rings. The van der Waals surface area contributed by atoms with Gasteiger partial charge in [-0.2, -0.15) is 0 Å². The quantitative estimate of drug-likeness (QED) is 0.793. The van der Waals surface area contributed by atoms with Crippen LogP contribution in [-0.4, -0.2) is 48.5 Å². The van der Waals surface area contributed by atoms with Gasteiger partial charge in [0.15, 0.2) is 0 Å². The Balaban J connectivity index is 1.62. The highest BCUT2D eigenvalue weighted by Crippen LogP contribution is 2.38. The first kappa shape index (κ1) is 19.2. The highest BCUT2D eigenvalue weighted by Gasteiger charge is 2.30. The maximum absolute atomic E-state index is 10.3. The number of ether oxygens (including phenoxy) is 1. The number of aliphatic hydroxyl groups is 1. The second kappa shape index (κ2) is 8.82. The van der Waals surface area contributed by atoms with Crippen molar-refractivity contribution < 1.29 is 9.84 Å². The molecule has 1 atom stereocenters. The van der Waals surface area contributed by atoms with Gasteiger partial charge in [-0.05, 0) is 56.9 Å². The molecular weight excluding hydrogens is 286 g/mol. The van der Waals surface area contributed by atoms with E-state index in [0.717, 1.165) is 25.3 Å². The molecule has 3 heteroatoms. The lowest BCUT2D eigenvalue weighted by molar-refractivity contribution is -0.0461. The van der Waals surface area contributed by atoms with Gasteiger partial charge in [0.05, 0.1) is 18.8 Å². The van der Waals surface area contributed by atoms with Crippen molar-refractivity contribution in [3.05, 3.63) is 0 Å². The molecule has 0 aromatic rings. The Kier molecular flexibility index (Phi) is 7.37. The molecular formula is C20H39NO2. The van der Waals surface area contributed by atoms with Crippen molar-refractivity contribution in [1.82, 2.24) is 4.90 Å². The topological polar surface area (TPSA) is 32.7 Å². The van der Waals surface area contributed by atoms with Crippen molar-refractivity contribution in [3.8, 4) is 0 Å². The summed E-state index contributed by atoms with van der Waals surface area (Å²) in [5.74, 6) is 0.824. The zero-order chi connectivity index (χ0) is 16.9. The predicted molar refractivity (Wildman–Crippen MR) is 96.7 cm³/mol. The third kappa shape index (κ3) is 6.36. The van der Waals surface area contributed by atoms with Gasteiger partial charge in [0.2, 0.25) is 0 Å². The molecule has 23 heavy (non-hydrogen) atoms. The smallest absolute Gasteiger partial charge is 0.0900 e. The summed E-state index contributed by atoms with van der Waals surface area (Å²) < 4.78 is 6.02. The van der Waals surface area contributed by atoms with E-state index in [4.69, 9.17) is 4.74 Å². The Hall–Kier alpha value is -0.120. The lowest BCUT2D eigenvalue weighted by Gasteiger charge is -2.37. The second-order valence-corrected chi connectivity index (χ2v) is 9.06. The molecule has 2 rings (SSSR count). The van der Waals surface area contributed by atoms with Crippen LogP contribution in [0, 0.1) is 11.3 Å². The zero-order valence-electron chi connectivity index (χ0n) is 15.9. The monoisotopic (exact) mass is 325 g/mol. The lowest BCUT2D eigenvalue weighted by atomic mass is 9.72. The van der Waals surface area contributed by atoms with E-state index in [1.807, 2.05) is 0 Å². The normalized spacial score (nSPS) is 29.0. The molecule has 136 valence electrons. The van der Waals surface area contributed by atoms with Crippen molar-refractivity contribution in [3.63, 3.8) is 0 Å². The van der Waals surface area contributed by atoms with E-state index in [0.29, 0.717) is 24.2 Å². The van der Waals surface area contributed by atoms with E-state index in [2.05, 4.69) is 32.7 Å². The first-order chi connectivity index (χ1) is 10.9. The summed E-state index contributed by atoms with van der Waals surface area (Å²) in [5.41, 5.74) is 0.424. The summed E-state index contributed by atoms with van der Waals surface area (Å²) in [6, 6.07) is 0.667. The van der Waals surface area contributed by atoms with Gasteiger partial charge in [0.1, 0.15) is 0 Å². The van der Waals surface area contributed by atoms with E-state index in [9.17, 15) is 5.11 Å². The second-order valence-electron chi connectivity index (χ2n) is 9.06. The first-order valence-corrected chi connectivity index (χ1v) is 9.86. The van der Waals surface area contributed by atoms with Crippen LogP contribution >= 0.6 is 0 Å². The fourth-order valence-corrected chi connectivity index (χ4v) is 4.40. The molecule has 0 heterocycles. The van der Waals surface area contributed by atoms with Crippen LogP contribution in [0.25, 0.3) is 0 Å². The van der Waals surface area contributed by atoms with Crippen molar-refractivity contribution in [1.29, 1.82) is 0 Å². The van der Waals surface area contributed by atoms with E-state index in [1.54, 1.807) is 0 Å². The van der Waals surface area contributed by atoms with Gasteiger partial charge in [-0.1, -0.05) is 40.0 Å². The van der Waals surface area contributed by atoms with E-state index in [-0.39, 0.29) is 6.10 Å². The number of rotatable bonds is 6. The molecule has 0 saturated heterocycles. The molecule has 0 bridgehead atoms. The van der Waals surface area contributed by atoms with Gasteiger partial charge >= 0.3 is 0 Å². The average molecular weight is 326 g/mol. The third-order valence-corrected chi connectivity index (χ3v) is 6.12. The molecule has 1 N–H and O–H groups in total. The fourth-order valence-electron chi connectivity index (χ4n) is 4.40. The number of hydrogen-bond acceptors (Lipinski definition) is 3. The zero-order valence-corrected chi connectivity index (χ0v) is 15.9. The number of hydrogen-bond donors (Lipinski definition) is 1. The minimum Gasteiger partial charge on any atom is -0.389 e. The number of nitrogens with zero attached hydrogens (tertiary/aromatic N) is 1. The molecule has 2 saturated carbocycles. The van der Waals surface area contributed by atoms with Crippen LogP contribution in [0.4, 0.5) is 0 Å². The molecule has 0 aliphatic heterocycles. The molecule has 0 amide bonds. The number of likely N-dealkylation sites (N-methyl/N-ethyl adjacent to an activating group) is 1. The molecule has 0 aromatic carbocycles. The minimum absolute atomic E-state index is 0.345. The van der Waals surface area contributed by atoms with Crippen LogP contribution in [-0.2, 0) is 4.74 Å². The maximum atomic E-state index is 10.3. The minimum atomic E-state index is -0.345. The van der Waals surface area contributed by atoms with Gasteiger partial charge in [-0.25, -0.2) is 0 Å². The van der Waals surface area contributed by atoms with Gasteiger partial charge < -0.3 is 14.7 Å². The van der Waals surface area contributed by atoms with Gasteiger partial charge in [0.25, 0.3) is 0 Å². The van der Waals surface area contributed by atoms with Crippen molar-refractivity contribution >= 4 is 0 Å². The maximum Gasteiger partial charge on any atom is 0.0900 e. The Labute approximate surface area is 143 Å². The standard InChI is InChI=1S/C20H39NO2/c1-20(2,3)16-10-12-19(13-11-16)23-15-18(22)14-21(4)17-8-6-5-7-9-17/h16-19,22H,5-15H2,1-4H3/t16?,18-,19?/m1/s1. The van der Waals surface area contributed by atoms with Crippen LogP contribution in [0.15, 0.2) is 0 Å². The van der Waals surface area contributed by atoms with Crippen LogP contribution in [0.2, 0.25) is 0 Å². The Morgan fingerprint density at radius 2 is 1.61 bits per heavy atom. The summed E-state index contributed by atoms with van der Waals surface area (Å²) in [4.78, 5) is 2.35. The SMILES string of the molecule is CN(C[C@@H](O)COC1CCC(C(C)(C)C)CC1)C1CCCCC1. The van der Waals surface area contributed by atoms with Gasteiger partial charge in [-0.3, -0.25) is 0 Å². The summed E-state index contributed by atoms with van der Waals surface area (Å²) in [7, 11) is 2.16. The van der Waals surface area contributed by atoms with E-state index >= 15 is 0 Å². The Morgan fingerprint density at radius 1 is 1.00 bits per heavy atom. The van der Waals surface area contributed by atoms with Crippen molar-refractivity contribution in [2.24, 2.45) is 11.3 Å². The molecule has 2 aliphatic rings. The molecule has 3 nitrogen and oxygen atoms in total. The highest BCUT2D eigenvalue weighted by molar-refractivity contribution is 4.81.